The molecule has 110 valence electrons. The van der Waals surface area contributed by atoms with Gasteiger partial charge >= 0.3 is 5.97 Å². The molecule has 0 bridgehead atoms. The summed E-state index contributed by atoms with van der Waals surface area (Å²) >= 11 is 0. The molecule has 0 radical (unpaired) electrons. The monoisotopic (exact) mass is 286 g/mol. The number of nitrogens with zero attached hydrogens (tertiary/aromatic N) is 1. The molecule has 21 heavy (non-hydrogen) atoms. The second kappa shape index (κ2) is 6.88. The Labute approximate surface area is 124 Å². The topological polar surface area (TPSA) is 50.4 Å². The van der Waals surface area contributed by atoms with E-state index in [9.17, 15) is 9.90 Å². The Bertz CT molecular complexity index is 623. The number of ether oxygens (including phenoxy) is 1. The van der Waals surface area contributed by atoms with Crippen molar-refractivity contribution < 1.29 is 19.2 Å². The highest BCUT2D eigenvalue weighted by Gasteiger charge is 2.14. The van der Waals surface area contributed by atoms with Crippen molar-refractivity contribution in [2.45, 2.75) is 27.0 Å². The molecule has 1 heterocycles. The predicted octanol–water partition coefficient (Wildman–Crippen LogP) is 2.69. The number of hydrogen-bond donors (Lipinski definition) is 1. The first kappa shape index (κ1) is 15.0. The summed E-state index contributed by atoms with van der Waals surface area (Å²) in [5.74, 6) is -0.0272. The van der Waals surface area contributed by atoms with Crippen molar-refractivity contribution in [1.29, 1.82) is 0 Å². The van der Waals surface area contributed by atoms with E-state index in [0.29, 0.717) is 5.92 Å². The molecule has 0 unspecified atom stereocenters. The van der Waals surface area contributed by atoms with Gasteiger partial charge in [0.25, 0.3) is 6.73 Å². The van der Waals surface area contributed by atoms with Crippen LogP contribution in [0.2, 0.25) is 0 Å². The zero-order chi connectivity index (χ0) is 15.2. The third kappa shape index (κ3) is 4.31. The van der Waals surface area contributed by atoms with Crippen LogP contribution in [0.4, 0.5) is 0 Å². The van der Waals surface area contributed by atoms with Crippen LogP contribution in [-0.2, 0) is 17.9 Å². The Morgan fingerprint density at radius 3 is 2.71 bits per heavy atom. The lowest BCUT2D eigenvalue weighted by atomic mass is 10.1. The number of hydrogen-bond acceptors (Lipinski definition) is 3. The number of carbonyl (C=O) groups excluding carboxylic acids is 1. The lowest BCUT2D eigenvalue weighted by Crippen LogP contribution is -2.36. The Balaban J connectivity index is 2.00. The van der Waals surface area contributed by atoms with Gasteiger partial charge in [0.05, 0.1) is 0 Å². The lowest BCUT2D eigenvalue weighted by molar-refractivity contribution is -0.727. The van der Waals surface area contributed by atoms with Gasteiger partial charge in [0, 0.05) is 11.6 Å². The summed E-state index contributed by atoms with van der Waals surface area (Å²) in [6.07, 6.45) is 4.80. The third-order valence-electron chi connectivity index (χ3n) is 3.03. The molecule has 4 nitrogen and oxygen atoms in total. The molecule has 0 amide bonds. The van der Waals surface area contributed by atoms with Crippen LogP contribution in [0.25, 0.3) is 0 Å². The zero-order valence-electron chi connectivity index (χ0n) is 12.3. The van der Waals surface area contributed by atoms with Gasteiger partial charge < -0.3 is 9.84 Å². The summed E-state index contributed by atoms with van der Waals surface area (Å²) in [5.41, 5.74) is 1.38. The number of pyridine rings is 1. The molecule has 0 fully saturated rings. The normalized spacial score (nSPS) is 10.6. The molecule has 1 aromatic carbocycles. The standard InChI is InChI=1S/C17H19NO3/c1-13(2)10-14-6-5-9-18(11-14)12-21-17(20)15-7-3-4-8-16(15)19/h3-9,11,13H,10,12H2,1-2H3/p+1. The summed E-state index contributed by atoms with van der Waals surface area (Å²) in [5, 5.41) is 9.61. The molecule has 0 saturated heterocycles. The van der Waals surface area contributed by atoms with Gasteiger partial charge in [0.15, 0.2) is 12.4 Å². The second-order valence-corrected chi connectivity index (χ2v) is 5.40. The molecular weight excluding hydrogens is 266 g/mol. The van der Waals surface area contributed by atoms with E-state index in [0.717, 1.165) is 6.42 Å². The van der Waals surface area contributed by atoms with Crippen molar-refractivity contribution in [2.75, 3.05) is 0 Å². The fourth-order valence-electron chi connectivity index (χ4n) is 2.11. The number of esters is 1. The number of rotatable bonds is 5. The minimum absolute atomic E-state index is 0.0685. The van der Waals surface area contributed by atoms with Crippen molar-refractivity contribution in [1.82, 2.24) is 0 Å². The van der Waals surface area contributed by atoms with Crippen LogP contribution in [0.5, 0.6) is 5.75 Å². The SMILES string of the molecule is CC(C)Cc1ccc[n+](COC(=O)c2ccccc2O)c1. The van der Waals surface area contributed by atoms with Gasteiger partial charge in [0.2, 0.25) is 0 Å². The lowest BCUT2D eigenvalue weighted by Gasteiger charge is -2.05. The largest absolute Gasteiger partial charge is 0.507 e. The van der Waals surface area contributed by atoms with Crippen molar-refractivity contribution in [3.05, 3.63) is 59.9 Å². The Morgan fingerprint density at radius 2 is 2.00 bits per heavy atom. The Kier molecular flexibility index (Phi) is 4.93. The average Bonchev–Trinajstić information content (AvgIpc) is 2.45. The number of para-hydroxylation sites is 1. The number of benzene rings is 1. The van der Waals surface area contributed by atoms with Crippen LogP contribution in [-0.4, -0.2) is 11.1 Å². The molecule has 0 aliphatic rings. The maximum absolute atomic E-state index is 11.9. The number of phenolic OH excluding ortho intramolecular Hbond substituents is 1. The van der Waals surface area contributed by atoms with Crippen molar-refractivity contribution in [3.63, 3.8) is 0 Å². The number of carbonyl (C=O) groups is 1. The highest BCUT2D eigenvalue weighted by molar-refractivity contribution is 5.92. The van der Waals surface area contributed by atoms with E-state index in [1.54, 1.807) is 12.1 Å². The summed E-state index contributed by atoms with van der Waals surface area (Å²) in [6.45, 7) is 4.45. The van der Waals surface area contributed by atoms with Gasteiger partial charge in [-0.05, 0) is 30.5 Å². The quantitative estimate of drug-likeness (QED) is 0.679. The van der Waals surface area contributed by atoms with E-state index in [-0.39, 0.29) is 18.0 Å². The van der Waals surface area contributed by atoms with Gasteiger partial charge in [-0.15, -0.1) is 0 Å². The molecule has 2 aromatic rings. The smallest absolute Gasteiger partial charge is 0.346 e. The summed E-state index contributed by atoms with van der Waals surface area (Å²) in [4.78, 5) is 11.9. The second-order valence-electron chi connectivity index (χ2n) is 5.40. The first-order valence-electron chi connectivity index (χ1n) is 6.99. The molecule has 1 aromatic heterocycles. The molecule has 0 aliphatic heterocycles. The van der Waals surface area contributed by atoms with Gasteiger partial charge in [-0.25, -0.2) is 4.79 Å². The molecule has 0 atom stereocenters. The van der Waals surface area contributed by atoms with Crippen LogP contribution in [0, 0.1) is 5.92 Å². The average molecular weight is 286 g/mol. The highest BCUT2D eigenvalue weighted by atomic mass is 16.5. The molecule has 0 aliphatic carbocycles. The van der Waals surface area contributed by atoms with E-state index in [2.05, 4.69) is 19.9 Å². The molecule has 2 rings (SSSR count). The number of aromatic hydroxyl groups is 1. The predicted molar refractivity (Wildman–Crippen MR) is 78.7 cm³/mol. The van der Waals surface area contributed by atoms with Gasteiger partial charge in [-0.2, -0.15) is 4.57 Å². The van der Waals surface area contributed by atoms with E-state index in [1.165, 1.54) is 17.7 Å². The van der Waals surface area contributed by atoms with Crippen LogP contribution in [0.3, 0.4) is 0 Å². The van der Waals surface area contributed by atoms with Crippen molar-refractivity contribution in [3.8, 4) is 5.75 Å². The van der Waals surface area contributed by atoms with Crippen LogP contribution in [0.15, 0.2) is 48.8 Å². The highest BCUT2D eigenvalue weighted by Crippen LogP contribution is 2.16. The molecule has 1 N–H and O–H groups in total. The fraction of sp³-hybridized carbons (Fsp3) is 0.294. The van der Waals surface area contributed by atoms with E-state index < -0.39 is 5.97 Å². The maximum Gasteiger partial charge on any atom is 0.346 e. The Morgan fingerprint density at radius 1 is 1.24 bits per heavy atom. The molecule has 0 spiro atoms. The van der Waals surface area contributed by atoms with E-state index in [4.69, 9.17) is 4.74 Å². The zero-order valence-corrected chi connectivity index (χ0v) is 12.3. The molecule has 4 heteroatoms. The van der Waals surface area contributed by atoms with E-state index in [1.807, 2.05) is 23.0 Å². The summed E-state index contributed by atoms with van der Waals surface area (Å²) in [6, 6.07) is 10.3. The molecular formula is C17H20NO3+. The summed E-state index contributed by atoms with van der Waals surface area (Å²) in [7, 11) is 0. The van der Waals surface area contributed by atoms with Crippen LogP contribution >= 0.6 is 0 Å². The first-order chi connectivity index (χ1) is 10.1. The fourth-order valence-corrected chi connectivity index (χ4v) is 2.11. The maximum atomic E-state index is 11.9. The van der Waals surface area contributed by atoms with Crippen molar-refractivity contribution >= 4 is 5.97 Å². The number of aromatic nitrogens is 1. The van der Waals surface area contributed by atoms with Gasteiger partial charge in [-0.3, -0.25) is 0 Å². The van der Waals surface area contributed by atoms with E-state index >= 15 is 0 Å². The Hall–Kier alpha value is -2.36. The summed E-state index contributed by atoms with van der Waals surface area (Å²) < 4.78 is 7.03. The minimum Gasteiger partial charge on any atom is -0.507 e. The van der Waals surface area contributed by atoms with Gasteiger partial charge in [-0.1, -0.05) is 26.0 Å². The van der Waals surface area contributed by atoms with Crippen LogP contribution < -0.4 is 4.57 Å². The number of phenols is 1. The first-order valence-corrected chi connectivity index (χ1v) is 6.99. The van der Waals surface area contributed by atoms with Crippen molar-refractivity contribution in [2.24, 2.45) is 5.92 Å². The van der Waals surface area contributed by atoms with Gasteiger partial charge in [0.1, 0.15) is 11.3 Å². The molecule has 0 saturated carbocycles. The van der Waals surface area contributed by atoms with Crippen LogP contribution in [0.1, 0.15) is 29.8 Å². The minimum atomic E-state index is -0.533. The third-order valence-corrected chi connectivity index (χ3v) is 3.03.